The molecule has 8 nitrogen and oxygen atoms in total. The fourth-order valence-electron chi connectivity index (χ4n) is 8.67. The zero-order valence-electron chi connectivity index (χ0n) is 44.7. The van der Waals surface area contributed by atoms with E-state index in [9.17, 15) is 4.79 Å². The lowest BCUT2D eigenvalue weighted by atomic mass is 9.96. The summed E-state index contributed by atoms with van der Waals surface area (Å²) in [5.41, 5.74) is 1.28. The van der Waals surface area contributed by atoms with Crippen LogP contribution in [0.4, 0.5) is 0 Å². The second-order valence-corrected chi connectivity index (χ2v) is 38.8. The second kappa shape index (κ2) is 23.9. The molecule has 6 atom stereocenters. The van der Waals surface area contributed by atoms with Crippen molar-refractivity contribution in [3.63, 3.8) is 0 Å². The number of thioether (sulfide) groups is 1. The van der Waals surface area contributed by atoms with E-state index in [-0.39, 0.29) is 46.2 Å². The van der Waals surface area contributed by atoms with Crippen LogP contribution in [0.2, 0.25) is 48.9 Å². The lowest BCUT2D eigenvalue weighted by molar-refractivity contribution is -0.152. The number of hydrogen-bond donors (Lipinski definition) is 0. The first-order chi connectivity index (χ1) is 32.3. The Balaban J connectivity index is 1.52. The van der Waals surface area contributed by atoms with Gasteiger partial charge in [-0.3, -0.25) is 0 Å². The van der Waals surface area contributed by atoms with Gasteiger partial charge in [0, 0.05) is 31.4 Å². The maximum absolute atomic E-state index is 14.2. The summed E-state index contributed by atoms with van der Waals surface area (Å²) in [5.74, 6) is -0.761. The Hall–Kier alpha value is -3.31. The van der Waals surface area contributed by atoms with Gasteiger partial charge in [-0.15, -0.1) is 11.8 Å². The minimum atomic E-state index is -2.81. The van der Waals surface area contributed by atoms with E-state index in [1.54, 1.807) is 18.9 Å². The van der Waals surface area contributed by atoms with E-state index in [0.29, 0.717) is 30.8 Å². The predicted molar refractivity (Wildman–Crippen MR) is 294 cm³/mol. The molecule has 69 heavy (non-hydrogen) atoms. The molecule has 1 fully saturated rings. The Morgan fingerprint density at radius 1 is 0.754 bits per heavy atom. The van der Waals surface area contributed by atoms with E-state index in [4.69, 9.17) is 32.5 Å². The monoisotopic (exact) mass is 1010 g/mol. The minimum Gasteiger partial charge on any atom is -0.467 e. The Morgan fingerprint density at radius 3 is 1.87 bits per heavy atom. The number of hydrogen-bond acceptors (Lipinski definition) is 9. The van der Waals surface area contributed by atoms with Crippen molar-refractivity contribution in [3.8, 4) is 5.75 Å². The van der Waals surface area contributed by atoms with Crippen LogP contribution in [0.5, 0.6) is 5.75 Å². The molecule has 378 valence electrons. The molecule has 0 radical (unpaired) electrons. The first kappa shape index (κ1) is 56.6. The number of carbonyl (C=O) groups excluding carboxylic acids is 1. The molecule has 0 aromatic heterocycles. The summed E-state index contributed by atoms with van der Waals surface area (Å²) in [6.45, 7) is 34.1. The highest BCUT2D eigenvalue weighted by Gasteiger charge is 2.52. The lowest BCUT2D eigenvalue weighted by Crippen LogP contribution is -2.67. The van der Waals surface area contributed by atoms with Gasteiger partial charge >= 0.3 is 5.97 Å². The van der Waals surface area contributed by atoms with Crippen LogP contribution in [-0.4, -0.2) is 81.4 Å². The summed E-state index contributed by atoms with van der Waals surface area (Å²) in [6.07, 6.45) is 4.58. The number of rotatable bonds is 23. The molecule has 0 aliphatic carbocycles. The van der Waals surface area contributed by atoms with Crippen LogP contribution in [0, 0.1) is 5.92 Å². The molecule has 4 aromatic carbocycles. The molecular formula is C57H84O8SSi3. The smallest absolute Gasteiger partial charge is 0.342 e. The number of esters is 1. The predicted octanol–water partition coefficient (Wildman–Crippen LogP) is 13.8. The first-order valence-corrected chi connectivity index (χ1v) is 34.3. The molecule has 1 saturated heterocycles. The molecule has 0 N–H and O–H groups in total. The zero-order valence-corrected chi connectivity index (χ0v) is 48.5. The summed E-state index contributed by atoms with van der Waals surface area (Å²) < 4.78 is 46.3. The summed E-state index contributed by atoms with van der Waals surface area (Å²) in [7, 11) is -5.06. The number of carbonyl (C=O) groups is 1. The third kappa shape index (κ3) is 15.1. The topological polar surface area (TPSA) is 81.7 Å². The van der Waals surface area contributed by atoms with Gasteiger partial charge in [0.25, 0.3) is 8.32 Å². The third-order valence-electron chi connectivity index (χ3n) is 13.7. The second-order valence-electron chi connectivity index (χ2n) is 22.9. The highest BCUT2D eigenvalue weighted by molar-refractivity contribution is 7.99. The van der Waals surface area contributed by atoms with Gasteiger partial charge in [-0.1, -0.05) is 171 Å². The van der Waals surface area contributed by atoms with Crippen molar-refractivity contribution < 1.29 is 37.3 Å². The molecule has 0 amide bonds. The molecule has 1 aliphatic rings. The average molecular weight is 1010 g/mol. The fraction of sp³-hybridized carbons (Fsp3) is 0.526. The fourth-order valence-corrected chi connectivity index (χ4v) is 16.6. The van der Waals surface area contributed by atoms with Crippen molar-refractivity contribution in [3.05, 3.63) is 132 Å². The Labute approximate surface area is 423 Å². The largest absolute Gasteiger partial charge is 0.467 e. The van der Waals surface area contributed by atoms with Gasteiger partial charge in [0.05, 0.1) is 18.8 Å². The molecule has 0 spiro atoms. The molecule has 1 heterocycles. The molecule has 0 saturated carbocycles. The van der Waals surface area contributed by atoms with Crippen LogP contribution in [0.15, 0.2) is 126 Å². The van der Waals surface area contributed by atoms with Crippen LogP contribution >= 0.6 is 11.8 Å². The van der Waals surface area contributed by atoms with Gasteiger partial charge < -0.3 is 32.5 Å². The molecule has 1 aliphatic heterocycles. The first-order valence-electron chi connectivity index (χ1n) is 24.9. The summed E-state index contributed by atoms with van der Waals surface area (Å²) in [5, 5.41) is 2.15. The number of benzene rings is 4. The van der Waals surface area contributed by atoms with Crippen molar-refractivity contribution in [2.45, 2.75) is 171 Å². The van der Waals surface area contributed by atoms with Gasteiger partial charge in [0.2, 0.25) is 0 Å². The normalized spacial score (nSPS) is 18.7. The van der Waals surface area contributed by atoms with Crippen molar-refractivity contribution >= 4 is 52.8 Å². The van der Waals surface area contributed by atoms with E-state index < -0.39 is 42.7 Å². The van der Waals surface area contributed by atoms with E-state index in [1.807, 2.05) is 50.2 Å². The Kier molecular flexibility index (Phi) is 19.6. The van der Waals surface area contributed by atoms with Crippen molar-refractivity contribution in [2.24, 2.45) is 5.92 Å². The quantitative estimate of drug-likeness (QED) is 0.0237. The SMILES string of the molecule is COCOc1cccc(C(CC[C@H]2OC(C)(C)O[C@@H]2C(/C=C\[C@H](C)[C@H](C)O[Si](c2ccccc2)(c2ccccc2)C(C)(C)C)O[Si](C)(C)C(C)(C)C)Sc2ccccc2)c1C(=O)OCC[Si](C)(C)C. The van der Waals surface area contributed by atoms with Gasteiger partial charge in [-0.05, 0) is 103 Å². The van der Waals surface area contributed by atoms with Crippen LogP contribution in [0.1, 0.15) is 103 Å². The van der Waals surface area contributed by atoms with Crippen molar-refractivity contribution in [2.75, 3.05) is 20.5 Å². The van der Waals surface area contributed by atoms with E-state index >= 15 is 0 Å². The van der Waals surface area contributed by atoms with Crippen molar-refractivity contribution in [1.82, 2.24) is 0 Å². The van der Waals surface area contributed by atoms with E-state index in [2.05, 4.69) is 173 Å². The lowest BCUT2D eigenvalue weighted by Gasteiger charge is -2.45. The molecular weight excluding hydrogens is 929 g/mol. The number of ether oxygens (including phenoxy) is 5. The van der Waals surface area contributed by atoms with Crippen LogP contribution in [-0.2, 0) is 27.8 Å². The summed E-state index contributed by atoms with van der Waals surface area (Å²) in [6, 6.07) is 38.7. The van der Waals surface area contributed by atoms with Gasteiger partial charge in [-0.25, -0.2) is 4.79 Å². The van der Waals surface area contributed by atoms with E-state index in [0.717, 1.165) is 16.5 Å². The maximum Gasteiger partial charge on any atom is 0.342 e. The van der Waals surface area contributed by atoms with Crippen molar-refractivity contribution in [1.29, 1.82) is 0 Å². The average Bonchev–Trinajstić information content (AvgIpc) is 3.60. The number of methoxy groups -OCH3 is 1. The maximum atomic E-state index is 14.2. The van der Waals surface area contributed by atoms with E-state index in [1.165, 1.54) is 10.4 Å². The van der Waals surface area contributed by atoms with Crippen LogP contribution in [0.3, 0.4) is 0 Å². The van der Waals surface area contributed by atoms with Gasteiger partial charge in [-0.2, -0.15) is 0 Å². The highest BCUT2D eigenvalue weighted by atomic mass is 32.2. The van der Waals surface area contributed by atoms with Crippen LogP contribution < -0.4 is 15.1 Å². The molecule has 4 aromatic rings. The Bertz CT molecular complexity index is 2200. The highest BCUT2D eigenvalue weighted by Crippen LogP contribution is 2.46. The molecule has 5 rings (SSSR count). The third-order valence-corrected chi connectivity index (χ3v) is 26.3. The molecule has 0 bridgehead atoms. The standard InChI is InChI=1S/C57H84O8SSi3/c1-42(43(2)64-69(56(6,7)8,45-29-22-18-23-30-45)46-31-24-19-25-32-46)35-36-50(65-68(15,16)55(3,4)5)53-49(62-57(9,10)63-53)37-38-51(66-44-27-20-17-21-28-44)47-33-26-34-48(61-41-59-11)52(47)54(58)60-39-40-67(12,13)14/h17-36,42-43,49-51,53H,37-41H2,1-16H3/b36-35-/t42-,43-,49+,50?,51?,53-/m0/s1. The summed E-state index contributed by atoms with van der Waals surface area (Å²) >= 11 is 1.73. The van der Waals surface area contributed by atoms with Gasteiger partial charge in [0.1, 0.15) is 17.4 Å². The molecule has 12 heteroatoms. The minimum absolute atomic E-state index is 0.00521. The Morgan fingerprint density at radius 2 is 1.33 bits per heavy atom. The zero-order chi connectivity index (χ0) is 50.8. The van der Waals surface area contributed by atoms with Crippen LogP contribution in [0.25, 0.3) is 0 Å². The summed E-state index contributed by atoms with van der Waals surface area (Å²) in [4.78, 5) is 15.3. The molecule has 2 unspecified atom stereocenters. The van der Waals surface area contributed by atoms with Gasteiger partial charge in [0.15, 0.2) is 20.9 Å².